The van der Waals surface area contributed by atoms with Crippen molar-refractivity contribution in [1.82, 2.24) is 0 Å². The lowest BCUT2D eigenvalue weighted by atomic mass is 9.90. The third-order valence-electron chi connectivity index (χ3n) is 1.64. The summed E-state index contributed by atoms with van der Waals surface area (Å²) in [5.74, 6) is 0. The van der Waals surface area contributed by atoms with E-state index in [-0.39, 0.29) is 5.41 Å². The molecule has 0 heterocycles. The molecular formula is C8H18O. The van der Waals surface area contributed by atoms with Gasteiger partial charge in [-0.3, -0.25) is 0 Å². The molecule has 0 aromatic heterocycles. The minimum atomic E-state index is 0.288. The van der Waals surface area contributed by atoms with Crippen LogP contribution in [0.1, 0.15) is 34.6 Å². The van der Waals surface area contributed by atoms with E-state index in [0.29, 0.717) is 6.10 Å². The van der Waals surface area contributed by atoms with E-state index >= 15 is 0 Å². The molecule has 9 heavy (non-hydrogen) atoms. The fourth-order valence-corrected chi connectivity index (χ4v) is 0.500. The van der Waals surface area contributed by atoms with Gasteiger partial charge >= 0.3 is 0 Å². The highest BCUT2D eigenvalue weighted by Gasteiger charge is 2.19. The van der Waals surface area contributed by atoms with Crippen molar-refractivity contribution in [1.29, 1.82) is 0 Å². The number of rotatable bonds is 2. The molecule has 0 spiro atoms. The van der Waals surface area contributed by atoms with Gasteiger partial charge in [-0.15, -0.1) is 0 Å². The molecule has 0 saturated carbocycles. The van der Waals surface area contributed by atoms with Gasteiger partial charge in [0.1, 0.15) is 0 Å². The molecule has 56 valence electrons. The Morgan fingerprint density at radius 2 is 1.78 bits per heavy atom. The molecule has 1 nitrogen and oxygen atoms in total. The summed E-state index contributed by atoms with van der Waals surface area (Å²) >= 11 is 0. The monoisotopic (exact) mass is 130 g/mol. The van der Waals surface area contributed by atoms with Crippen LogP contribution in [0, 0.1) is 5.41 Å². The van der Waals surface area contributed by atoms with Crippen molar-refractivity contribution in [3.05, 3.63) is 0 Å². The van der Waals surface area contributed by atoms with Gasteiger partial charge in [-0.05, 0) is 19.3 Å². The summed E-state index contributed by atoms with van der Waals surface area (Å²) in [5, 5.41) is 0. The molecule has 0 N–H and O–H groups in total. The fraction of sp³-hybridized carbons (Fsp3) is 1.00. The van der Waals surface area contributed by atoms with E-state index in [0.717, 1.165) is 6.61 Å². The molecule has 0 aliphatic carbocycles. The van der Waals surface area contributed by atoms with E-state index in [4.69, 9.17) is 4.74 Å². The first-order chi connectivity index (χ1) is 3.98. The predicted molar refractivity (Wildman–Crippen MR) is 40.5 cm³/mol. The van der Waals surface area contributed by atoms with Crippen LogP contribution in [0.25, 0.3) is 0 Å². The standard InChI is InChI=1S/C8H18O/c1-6-9-7(2)8(3,4)5/h7H,6H2,1-5H3/t7-/m0/s1. The van der Waals surface area contributed by atoms with Gasteiger partial charge in [0.25, 0.3) is 0 Å². The summed E-state index contributed by atoms with van der Waals surface area (Å²) in [6, 6.07) is 0. The Morgan fingerprint density at radius 3 is 1.89 bits per heavy atom. The van der Waals surface area contributed by atoms with E-state index < -0.39 is 0 Å². The maximum atomic E-state index is 5.41. The fourth-order valence-electron chi connectivity index (χ4n) is 0.500. The Morgan fingerprint density at radius 1 is 1.33 bits per heavy atom. The topological polar surface area (TPSA) is 9.23 Å². The van der Waals surface area contributed by atoms with Gasteiger partial charge in [0.05, 0.1) is 6.10 Å². The molecule has 0 radical (unpaired) electrons. The van der Waals surface area contributed by atoms with Crippen molar-refractivity contribution in [2.24, 2.45) is 5.41 Å². The lowest BCUT2D eigenvalue weighted by molar-refractivity contribution is 0.00224. The van der Waals surface area contributed by atoms with Crippen LogP contribution in [-0.2, 0) is 4.74 Å². The van der Waals surface area contributed by atoms with E-state index in [9.17, 15) is 0 Å². The van der Waals surface area contributed by atoms with Gasteiger partial charge in [-0.25, -0.2) is 0 Å². The van der Waals surface area contributed by atoms with E-state index in [1.165, 1.54) is 0 Å². The molecule has 0 aromatic carbocycles. The highest BCUT2D eigenvalue weighted by atomic mass is 16.5. The molecule has 0 bridgehead atoms. The highest BCUT2D eigenvalue weighted by Crippen LogP contribution is 2.20. The number of ether oxygens (including phenoxy) is 1. The lowest BCUT2D eigenvalue weighted by Gasteiger charge is -2.26. The second-order valence-electron chi connectivity index (χ2n) is 3.46. The Bertz CT molecular complexity index is 71.1. The van der Waals surface area contributed by atoms with Gasteiger partial charge in [0.2, 0.25) is 0 Å². The minimum absolute atomic E-state index is 0.288. The third-order valence-corrected chi connectivity index (χ3v) is 1.64. The minimum Gasteiger partial charge on any atom is -0.378 e. The maximum absolute atomic E-state index is 5.41. The number of hydrogen-bond donors (Lipinski definition) is 0. The molecule has 0 aliphatic heterocycles. The van der Waals surface area contributed by atoms with Crippen LogP contribution >= 0.6 is 0 Å². The van der Waals surface area contributed by atoms with Crippen molar-refractivity contribution in [2.45, 2.75) is 40.7 Å². The van der Waals surface area contributed by atoms with E-state index in [2.05, 4.69) is 27.7 Å². The summed E-state index contributed by atoms with van der Waals surface area (Å²) < 4.78 is 5.41. The largest absolute Gasteiger partial charge is 0.378 e. The van der Waals surface area contributed by atoms with Gasteiger partial charge < -0.3 is 4.74 Å². The zero-order valence-electron chi connectivity index (χ0n) is 7.19. The zero-order chi connectivity index (χ0) is 7.49. The van der Waals surface area contributed by atoms with Gasteiger partial charge in [-0.2, -0.15) is 0 Å². The smallest absolute Gasteiger partial charge is 0.0595 e. The molecule has 0 aromatic rings. The molecule has 0 amide bonds. The van der Waals surface area contributed by atoms with Crippen LogP contribution in [0.15, 0.2) is 0 Å². The summed E-state index contributed by atoms with van der Waals surface area (Å²) in [4.78, 5) is 0. The van der Waals surface area contributed by atoms with Crippen LogP contribution in [-0.4, -0.2) is 12.7 Å². The average Bonchev–Trinajstić information content (AvgIpc) is 1.64. The van der Waals surface area contributed by atoms with Crippen LogP contribution in [0.3, 0.4) is 0 Å². The van der Waals surface area contributed by atoms with E-state index in [1.54, 1.807) is 0 Å². The zero-order valence-corrected chi connectivity index (χ0v) is 7.19. The second-order valence-corrected chi connectivity index (χ2v) is 3.46. The van der Waals surface area contributed by atoms with Crippen LogP contribution in [0.4, 0.5) is 0 Å². The van der Waals surface area contributed by atoms with Gasteiger partial charge in [0, 0.05) is 6.61 Å². The quantitative estimate of drug-likeness (QED) is 0.558. The first kappa shape index (κ1) is 8.96. The van der Waals surface area contributed by atoms with Crippen molar-refractivity contribution in [3.8, 4) is 0 Å². The van der Waals surface area contributed by atoms with Gasteiger partial charge in [0.15, 0.2) is 0 Å². The Hall–Kier alpha value is -0.0400. The van der Waals surface area contributed by atoms with Gasteiger partial charge in [-0.1, -0.05) is 20.8 Å². The predicted octanol–water partition coefficient (Wildman–Crippen LogP) is 2.46. The summed E-state index contributed by atoms with van der Waals surface area (Å²) in [7, 11) is 0. The molecule has 0 unspecified atom stereocenters. The highest BCUT2D eigenvalue weighted by molar-refractivity contribution is 4.68. The summed E-state index contributed by atoms with van der Waals surface area (Å²) in [6.45, 7) is 11.5. The molecule has 0 aliphatic rings. The maximum Gasteiger partial charge on any atom is 0.0595 e. The molecule has 0 saturated heterocycles. The van der Waals surface area contributed by atoms with Crippen LogP contribution < -0.4 is 0 Å². The third kappa shape index (κ3) is 3.52. The van der Waals surface area contributed by atoms with Crippen molar-refractivity contribution in [3.63, 3.8) is 0 Å². The lowest BCUT2D eigenvalue weighted by Crippen LogP contribution is -2.25. The number of hydrogen-bond acceptors (Lipinski definition) is 1. The normalized spacial score (nSPS) is 15.7. The summed E-state index contributed by atoms with van der Waals surface area (Å²) in [5.41, 5.74) is 0.288. The van der Waals surface area contributed by atoms with Crippen molar-refractivity contribution < 1.29 is 4.74 Å². The first-order valence-electron chi connectivity index (χ1n) is 3.60. The Balaban J connectivity index is 3.59. The van der Waals surface area contributed by atoms with Crippen LogP contribution in [0.2, 0.25) is 0 Å². The SMILES string of the molecule is CCO[C@@H](C)C(C)(C)C. The average molecular weight is 130 g/mol. The Kier molecular flexibility index (Phi) is 3.20. The Labute approximate surface area is 58.4 Å². The second kappa shape index (κ2) is 3.21. The molecule has 0 fully saturated rings. The molecule has 1 atom stereocenters. The molecule has 1 heteroatoms. The van der Waals surface area contributed by atoms with Crippen LogP contribution in [0.5, 0.6) is 0 Å². The van der Waals surface area contributed by atoms with Crippen molar-refractivity contribution in [2.75, 3.05) is 6.61 Å². The first-order valence-corrected chi connectivity index (χ1v) is 3.60. The van der Waals surface area contributed by atoms with Crippen molar-refractivity contribution >= 4 is 0 Å². The molecule has 0 rings (SSSR count). The molecular weight excluding hydrogens is 112 g/mol. The van der Waals surface area contributed by atoms with E-state index in [1.807, 2.05) is 6.92 Å². The summed E-state index contributed by atoms with van der Waals surface area (Å²) in [6.07, 6.45) is 0.363.